The molecule has 0 aliphatic carbocycles. The van der Waals surface area contributed by atoms with E-state index in [1.165, 1.54) is 10.4 Å². The van der Waals surface area contributed by atoms with Crippen LogP contribution >= 0.6 is 0 Å². The van der Waals surface area contributed by atoms with Crippen LogP contribution in [-0.2, 0) is 14.8 Å². The third-order valence-corrected chi connectivity index (χ3v) is 7.56. The Morgan fingerprint density at radius 2 is 1.50 bits per heavy atom. The Balaban J connectivity index is 1.92. The molecule has 32 heavy (non-hydrogen) atoms. The molecule has 1 N–H and O–H groups in total. The van der Waals surface area contributed by atoms with E-state index in [9.17, 15) is 13.2 Å². The first-order valence-corrected chi connectivity index (χ1v) is 12.6. The van der Waals surface area contributed by atoms with Crippen LogP contribution in [0.1, 0.15) is 74.9 Å². The highest BCUT2D eigenvalue weighted by atomic mass is 32.2. The van der Waals surface area contributed by atoms with E-state index in [4.69, 9.17) is 4.74 Å². The lowest BCUT2D eigenvalue weighted by molar-refractivity contribution is -0.0440. The third kappa shape index (κ3) is 5.22. The fourth-order valence-electron chi connectivity index (χ4n) is 4.15. The summed E-state index contributed by atoms with van der Waals surface area (Å²) in [6, 6.07) is 12.3. The topological polar surface area (TPSA) is 75.7 Å². The zero-order chi connectivity index (χ0) is 23.6. The van der Waals surface area contributed by atoms with Gasteiger partial charge in [0.05, 0.1) is 17.1 Å². The van der Waals surface area contributed by atoms with E-state index in [1.807, 2.05) is 32.0 Å². The van der Waals surface area contributed by atoms with Gasteiger partial charge in [-0.2, -0.15) is 4.31 Å². The second-order valence-electron chi connectivity index (χ2n) is 9.18. The zero-order valence-electron chi connectivity index (χ0n) is 19.8. The molecule has 2 unspecified atom stereocenters. The molecule has 1 aliphatic heterocycles. The Morgan fingerprint density at radius 3 is 2.03 bits per heavy atom. The minimum absolute atomic E-state index is 0.118. The fraction of sp³-hybridized carbons (Fsp3) is 0.480. The molecule has 0 spiro atoms. The van der Waals surface area contributed by atoms with Gasteiger partial charge in [0.15, 0.2) is 0 Å². The van der Waals surface area contributed by atoms with E-state index in [1.54, 1.807) is 18.2 Å². The van der Waals surface area contributed by atoms with Crippen molar-refractivity contribution in [1.29, 1.82) is 0 Å². The van der Waals surface area contributed by atoms with Gasteiger partial charge in [0.25, 0.3) is 5.91 Å². The van der Waals surface area contributed by atoms with Crippen LogP contribution in [0.25, 0.3) is 0 Å². The van der Waals surface area contributed by atoms with Gasteiger partial charge in [0, 0.05) is 24.3 Å². The Morgan fingerprint density at radius 1 is 0.969 bits per heavy atom. The van der Waals surface area contributed by atoms with Crippen molar-refractivity contribution >= 4 is 21.6 Å². The van der Waals surface area contributed by atoms with E-state index in [2.05, 4.69) is 33.0 Å². The molecular formula is C25H34N2O4S. The monoisotopic (exact) mass is 458 g/mol. The van der Waals surface area contributed by atoms with Gasteiger partial charge < -0.3 is 10.1 Å². The number of para-hydroxylation sites is 1. The van der Waals surface area contributed by atoms with E-state index in [0.29, 0.717) is 18.7 Å². The summed E-state index contributed by atoms with van der Waals surface area (Å²) >= 11 is 0. The minimum Gasteiger partial charge on any atom is -0.373 e. The number of rotatable bonds is 6. The lowest BCUT2D eigenvalue weighted by Gasteiger charge is -2.34. The summed E-state index contributed by atoms with van der Waals surface area (Å²) in [5.74, 6) is 0.155. The van der Waals surface area contributed by atoms with E-state index < -0.39 is 10.0 Å². The summed E-state index contributed by atoms with van der Waals surface area (Å²) in [4.78, 5) is 13.3. The number of morpholine rings is 1. The smallest absolute Gasteiger partial charge is 0.255 e. The molecule has 0 bridgehead atoms. The average molecular weight is 459 g/mol. The van der Waals surface area contributed by atoms with Gasteiger partial charge in [0.2, 0.25) is 10.0 Å². The van der Waals surface area contributed by atoms with Crippen LogP contribution in [0, 0.1) is 0 Å². The Hall–Kier alpha value is -2.22. The van der Waals surface area contributed by atoms with Crippen molar-refractivity contribution in [3.05, 3.63) is 59.2 Å². The molecule has 0 radical (unpaired) electrons. The minimum atomic E-state index is -3.73. The number of benzene rings is 2. The summed E-state index contributed by atoms with van der Waals surface area (Å²) in [6.45, 7) is 12.7. The highest BCUT2D eigenvalue weighted by Gasteiger charge is 2.32. The van der Waals surface area contributed by atoms with Crippen LogP contribution < -0.4 is 5.32 Å². The number of nitrogens with one attached hydrogen (secondary N) is 1. The first-order chi connectivity index (χ1) is 15.0. The lowest BCUT2D eigenvalue weighted by atomic mass is 9.92. The van der Waals surface area contributed by atoms with Crippen molar-refractivity contribution < 1.29 is 17.9 Å². The third-order valence-electron chi connectivity index (χ3n) is 5.73. The van der Waals surface area contributed by atoms with Crippen molar-refractivity contribution in [2.75, 3.05) is 18.4 Å². The molecule has 2 aromatic carbocycles. The van der Waals surface area contributed by atoms with Gasteiger partial charge in [-0.15, -0.1) is 0 Å². The summed E-state index contributed by atoms with van der Waals surface area (Å²) < 4.78 is 33.6. The van der Waals surface area contributed by atoms with Gasteiger partial charge in [-0.3, -0.25) is 4.79 Å². The maximum Gasteiger partial charge on any atom is 0.255 e. The van der Waals surface area contributed by atoms with Crippen LogP contribution in [0.3, 0.4) is 0 Å². The highest BCUT2D eigenvalue weighted by Crippen LogP contribution is 2.33. The molecule has 174 valence electrons. The van der Waals surface area contributed by atoms with Gasteiger partial charge >= 0.3 is 0 Å². The molecule has 1 saturated heterocycles. The molecule has 2 aromatic rings. The van der Waals surface area contributed by atoms with Gasteiger partial charge in [0.1, 0.15) is 0 Å². The number of hydrogen-bond acceptors (Lipinski definition) is 4. The summed E-state index contributed by atoms with van der Waals surface area (Å²) in [7, 11) is -3.73. The predicted octanol–water partition coefficient (Wildman–Crippen LogP) is 4.98. The number of sulfonamides is 1. The molecule has 3 rings (SSSR count). The number of carbonyl (C=O) groups is 1. The molecule has 1 aliphatic rings. The molecule has 1 heterocycles. The number of ether oxygens (including phenoxy) is 1. The Labute approximate surface area is 192 Å². The van der Waals surface area contributed by atoms with Crippen molar-refractivity contribution in [1.82, 2.24) is 4.31 Å². The number of anilines is 1. The van der Waals surface area contributed by atoms with E-state index >= 15 is 0 Å². The number of hydrogen-bond donors (Lipinski definition) is 1. The maximum atomic E-state index is 13.2. The van der Waals surface area contributed by atoms with E-state index in [0.717, 1.165) is 16.8 Å². The van der Waals surface area contributed by atoms with Crippen LogP contribution in [0.2, 0.25) is 0 Å². The SMILES string of the molecule is CC1CN(S(=O)(=O)c2cccc(C(=O)Nc3c(C(C)C)cccc3C(C)C)c2)CC(C)O1. The standard InChI is InChI=1S/C25H34N2O4S/c1-16(2)22-11-8-12-23(17(3)4)24(22)26-25(28)20-9-7-10-21(13-20)32(29,30)27-14-18(5)31-19(6)15-27/h7-13,16-19H,14-15H2,1-6H3,(H,26,28). The number of carbonyl (C=O) groups excluding carboxylic acids is 1. The van der Waals surface area contributed by atoms with Crippen molar-refractivity contribution in [2.45, 2.75) is 70.5 Å². The highest BCUT2D eigenvalue weighted by molar-refractivity contribution is 7.89. The molecule has 6 nitrogen and oxygen atoms in total. The van der Waals surface area contributed by atoms with Crippen LogP contribution in [0.5, 0.6) is 0 Å². The Kier molecular flexibility index (Phi) is 7.43. The lowest BCUT2D eigenvalue weighted by Crippen LogP contribution is -2.48. The first kappa shape index (κ1) is 24.4. The first-order valence-electron chi connectivity index (χ1n) is 11.2. The van der Waals surface area contributed by atoms with Crippen LogP contribution in [0.15, 0.2) is 47.4 Å². The van der Waals surface area contributed by atoms with Crippen molar-refractivity contribution in [3.8, 4) is 0 Å². The van der Waals surface area contributed by atoms with Gasteiger partial charge in [-0.1, -0.05) is 52.0 Å². The largest absolute Gasteiger partial charge is 0.373 e. The average Bonchev–Trinajstić information content (AvgIpc) is 2.72. The van der Waals surface area contributed by atoms with Crippen molar-refractivity contribution in [3.63, 3.8) is 0 Å². The Bertz CT molecular complexity index is 1040. The normalized spacial score (nSPS) is 20.0. The summed E-state index contributed by atoms with van der Waals surface area (Å²) in [6.07, 6.45) is -0.357. The summed E-state index contributed by atoms with van der Waals surface area (Å²) in [5, 5.41) is 3.06. The molecule has 2 atom stereocenters. The van der Waals surface area contributed by atoms with Crippen molar-refractivity contribution in [2.24, 2.45) is 0 Å². The fourth-order valence-corrected chi connectivity index (χ4v) is 5.79. The molecule has 1 amide bonds. The molecular weight excluding hydrogens is 424 g/mol. The molecule has 0 aromatic heterocycles. The quantitative estimate of drug-likeness (QED) is 0.662. The summed E-state index contributed by atoms with van der Waals surface area (Å²) in [5.41, 5.74) is 3.24. The molecule has 1 fully saturated rings. The molecule has 7 heteroatoms. The van der Waals surface area contributed by atoms with Crippen LogP contribution in [-0.4, -0.2) is 43.9 Å². The molecule has 0 saturated carbocycles. The predicted molar refractivity (Wildman–Crippen MR) is 128 cm³/mol. The van der Waals surface area contributed by atoms with Gasteiger partial charge in [-0.05, 0) is 55.0 Å². The second kappa shape index (κ2) is 9.73. The number of nitrogens with zero attached hydrogens (tertiary/aromatic N) is 1. The second-order valence-corrected chi connectivity index (χ2v) is 11.1. The number of amides is 1. The zero-order valence-corrected chi connectivity index (χ0v) is 20.6. The van der Waals surface area contributed by atoms with E-state index in [-0.39, 0.29) is 34.8 Å². The van der Waals surface area contributed by atoms with Gasteiger partial charge in [-0.25, -0.2) is 8.42 Å². The van der Waals surface area contributed by atoms with Crippen LogP contribution in [0.4, 0.5) is 5.69 Å². The maximum absolute atomic E-state index is 13.2.